The highest BCUT2D eigenvalue weighted by atomic mass is 16.4. The van der Waals surface area contributed by atoms with E-state index in [1.807, 2.05) is 5.32 Å². The first-order valence-electron chi connectivity index (χ1n) is 5.83. The zero-order valence-electron chi connectivity index (χ0n) is 10.2. The quantitative estimate of drug-likeness (QED) is 0.577. The molecule has 1 rings (SSSR count). The zero-order chi connectivity index (χ0) is 13.1. The number of nitrogens with one attached hydrogen (secondary N) is 2. The van der Waals surface area contributed by atoms with Gasteiger partial charge in [0.25, 0.3) is 0 Å². The fourth-order valence-electron chi connectivity index (χ4n) is 2.04. The molecule has 6 heteroatoms. The van der Waals surface area contributed by atoms with Gasteiger partial charge in [0.05, 0.1) is 5.60 Å². The predicted octanol–water partition coefficient (Wildman–Crippen LogP) is 0.452. The van der Waals surface area contributed by atoms with Crippen LogP contribution in [0.1, 0.15) is 39.5 Å². The van der Waals surface area contributed by atoms with Crippen molar-refractivity contribution in [1.82, 2.24) is 10.6 Å². The van der Waals surface area contributed by atoms with E-state index in [4.69, 9.17) is 5.11 Å². The lowest BCUT2D eigenvalue weighted by molar-refractivity contribution is -0.129. The van der Waals surface area contributed by atoms with E-state index in [0.717, 1.165) is 25.7 Å². The maximum absolute atomic E-state index is 11.9. The maximum Gasteiger partial charge on any atom is 0.405 e. The molecule has 1 atom stereocenters. The molecule has 0 bridgehead atoms. The molecule has 1 aliphatic rings. The normalized spacial score (nSPS) is 18.8. The van der Waals surface area contributed by atoms with E-state index in [0.29, 0.717) is 0 Å². The van der Waals surface area contributed by atoms with Crippen molar-refractivity contribution < 1.29 is 19.8 Å². The van der Waals surface area contributed by atoms with Crippen LogP contribution in [0.5, 0.6) is 0 Å². The summed E-state index contributed by atoms with van der Waals surface area (Å²) >= 11 is 0. The van der Waals surface area contributed by atoms with Crippen LogP contribution in [0.25, 0.3) is 0 Å². The van der Waals surface area contributed by atoms with Gasteiger partial charge in [-0.05, 0) is 26.7 Å². The largest absolute Gasteiger partial charge is 0.465 e. The highest BCUT2D eigenvalue weighted by Gasteiger charge is 2.35. The molecule has 0 radical (unpaired) electrons. The Hall–Kier alpha value is -1.30. The first-order chi connectivity index (χ1) is 7.80. The average Bonchev–Trinajstić information content (AvgIpc) is 2.64. The van der Waals surface area contributed by atoms with Crippen LogP contribution in [0.15, 0.2) is 0 Å². The van der Waals surface area contributed by atoms with Crippen molar-refractivity contribution in [2.24, 2.45) is 0 Å². The van der Waals surface area contributed by atoms with Crippen LogP contribution in [0.3, 0.4) is 0 Å². The summed E-state index contributed by atoms with van der Waals surface area (Å²) < 4.78 is 0. The molecule has 0 spiro atoms. The third-order valence-electron chi connectivity index (χ3n) is 2.94. The van der Waals surface area contributed by atoms with E-state index < -0.39 is 23.6 Å². The van der Waals surface area contributed by atoms with Crippen LogP contribution in [0.4, 0.5) is 4.79 Å². The SMILES string of the molecule is CC(C)(O)C(NC(=O)O)C(=O)NC1CCCC1. The molecule has 0 saturated heterocycles. The van der Waals surface area contributed by atoms with Crippen LogP contribution in [-0.2, 0) is 4.79 Å². The van der Waals surface area contributed by atoms with Gasteiger partial charge in [-0.15, -0.1) is 0 Å². The summed E-state index contributed by atoms with van der Waals surface area (Å²) in [6, 6.07) is -1.05. The molecule has 1 unspecified atom stereocenters. The van der Waals surface area contributed by atoms with E-state index in [1.54, 1.807) is 0 Å². The Balaban J connectivity index is 2.61. The van der Waals surface area contributed by atoms with Crippen molar-refractivity contribution in [3.8, 4) is 0 Å². The van der Waals surface area contributed by atoms with Crippen LogP contribution < -0.4 is 10.6 Å². The van der Waals surface area contributed by atoms with Crippen LogP contribution in [-0.4, -0.2) is 39.9 Å². The minimum atomic E-state index is -1.43. The van der Waals surface area contributed by atoms with Gasteiger partial charge < -0.3 is 20.8 Å². The summed E-state index contributed by atoms with van der Waals surface area (Å²) in [5, 5.41) is 23.3. The van der Waals surface area contributed by atoms with Gasteiger partial charge in [-0.3, -0.25) is 4.79 Å². The minimum Gasteiger partial charge on any atom is -0.465 e. The van der Waals surface area contributed by atoms with Gasteiger partial charge in [0.2, 0.25) is 5.91 Å². The van der Waals surface area contributed by atoms with Crippen molar-refractivity contribution in [2.45, 2.75) is 57.2 Å². The van der Waals surface area contributed by atoms with E-state index >= 15 is 0 Å². The van der Waals surface area contributed by atoms with Crippen molar-refractivity contribution in [3.63, 3.8) is 0 Å². The second-order valence-corrected chi connectivity index (χ2v) is 5.03. The Morgan fingerprint density at radius 1 is 1.29 bits per heavy atom. The Labute approximate surface area is 100 Å². The lowest BCUT2D eigenvalue weighted by Crippen LogP contribution is -2.58. The Morgan fingerprint density at radius 2 is 1.82 bits per heavy atom. The molecule has 0 aromatic heterocycles. The lowest BCUT2D eigenvalue weighted by Gasteiger charge is -2.29. The molecule has 1 fully saturated rings. The molecule has 17 heavy (non-hydrogen) atoms. The first-order valence-corrected chi connectivity index (χ1v) is 5.83. The van der Waals surface area contributed by atoms with Crippen molar-refractivity contribution in [1.29, 1.82) is 0 Å². The molecule has 2 amide bonds. The predicted molar refractivity (Wildman–Crippen MR) is 61.6 cm³/mol. The van der Waals surface area contributed by atoms with Crippen molar-refractivity contribution >= 4 is 12.0 Å². The number of hydrogen-bond acceptors (Lipinski definition) is 3. The lowest BCUT2D eigenvalue weighted by atomic mass is 9.98. The summed E-state index contributed by atoms with van der Waals surface area (Å²) in [5.41, 5.74) is -1.43. The smallest absolute Gasteiger partial charge is 0.405 e. The number of hydrogen-bond donors (Lipinski definition) is 4. The molecule has 1 saturated carbocycles. The monoisotopic (exact) mass is 244 g/mol. The number of carboxylic acid groups (broad SMARTS) is 1. The number of rotatable bonds is 4. The average molecular weight is 244 g/mol. The van der Waals surface area contributed by atoms with Gasteiger partial charge in [-0.25, -0.2) is 4.79 Å². The van der Waals surface area contributed by atoms with Gasteiger partial charge in [0.15, 0.2) is 0 Å². The number of aliphatic hydroxyl groups is 1. The highest BCUT2D eigenvalue weighted by molar-refractivity contribution is 5.86. The fourth-order valence-corrected chi connectivity index (χ4v) is 2.04. The third-order valence-corrected chi connectivity index (χ3v) is 2.94. The van der Waals surface area contributed by atoms with Gasteiger partial charge in [0, 0.05) is 6.04 Å². The topological polar surface area (TPSA) is 98.7 Å². The molecular weight excluding hydrogens is 224 g/mol. The Bertz CT molecular complexity index is 292. The second-order valence-electron chi connectivity index (χ2n) is 5.03. The molecule has 4 N–H and O–H groups in total. The zero-order valence-corrected chi connectivity index (χ0v) is 10.2. The summed E-state index contributed by atoms with van der Waals surface area (Å²) in [5.74, 6) is -0.466. The van der Waals surface area contributed by atoms with Crippen LogP contribution in [0.2, 0.25) is 0 Å². The molecule has 0 aliphatic heterocycles. The number of amides is 2. The third kappa shape index (κ3) is 4.22. The maximum atomic E-state index is 11.9. The second kappa shape index (κ2) is 5.35. The summed E-state index contributed by atoms with van der Waals surface area (Å²) in [7, 11) is 0. The molecule has 1 aliphatic carbocycles. The molecule has 0 aromatic rings. The van der Waals surface area contributed by atoms with E-state index in [9.17, 15) is 14.7 Å². The fraction of sp³-hybridized carbons (Fsp3) is 0.818. The minimum absolute atomic E-state index is 0.0999. The van der Waals surface area contributed by atoms with Gasteiger partial charge in [0.1, 0.15) is 6.04 Å². The highest BCUT2D eigenvalue weighted by Crippen LogP contribution is 2.18. The summed E-state index contributed by atoms with van der Waals surface area (Å²) in [6.07, 6.45) is 2.66. The van der Waals surface area contributed by atoms with Gasteiger partial charge >= 0.3 is 6.09 Å². The van der Waals surface area contributed by atoms with Crippen molar-refractivity contribution in [2.75, 3.05) is 0 Å². The van der Waals surface area contributed by atoms with E-state index in [1.165, 1.54) is 13.8 Å². The summed E-state index contributed by atoms with van der Waals surface area (Å²) in [6.45, 7) is 2.81. The number of carbonyl (C=O) groups is 2. The Kier molecular flexibility index (Phi) is 4.34. The van der Waals surface area contributed by atoms with Crippen LogP contribution >= 0.6 is 0 Å². The Morgan fingerprint density at radius 3 is 2.24 bits per heavy atom. The molecule has 0 heterocycles. The van der Waals surface area contributed by atoms with Crippen LogP contribution in [0, 0.1) is 0 Å². The van der Waals surface area contributed by atoms with E-state index in [-0.39, 0.29) is 6.04 Å². The number of carbonyl (C=O) groups excluding carboxylic acids is 1. The molecule has 6 nitrogen and oxygen atoms in total. The van der Waals surface area contributed by atoms with E-state index in [2.05, 4.69) is 5.32 Å². The summed E-state index contributed by atoms with van der Waals surface area (Å²) in [4.78, 5) is 22.5. The van der Waals surface area contributed by atoms with Crippen molar-refractivity contribution in [3.05, 3.63) is 0 Å². The first kappa shape index (κ1) is 13.8. The molecular formula is C11H20N2O4. The molecule has 98 valence electrons. The molecule has 0 aromatic carbocycles. The standard InChI is InChI=1S/C11H20N2O4/c1-11(2,17)8(13-10(15)16)9(14)12-7-5-3-4-6-7/h7-8,13,17H,3-6H2,1-2H3,(H,12,14)(H,15,16). The van der Waals surface area contributed by atoms with Gasteiger partial charge in [-0.1, -0.05) is 12.8 Å². The van der Waals surface area contributed by atoms with Gasteiger partial charge in [-0.2, -0.15) is 0 Å².